The van der Waals surface area contributed by atoms with Crippen LogP contribution in [-0.2, 0) is 29.5 Å². The molecule has 3 aromatic rings. The lowest BCUT2D eigenvalue weighted by Gasteiger charge is -2.15. The SMILES string of the molecule is C[Si](C)(C)CCOCn1cc(Br)c2c(=O)n(COCc3ccccc3)ncc21. The Bertz CT molecular complexity index is 980. The number of aromatic nitrogens is 3. The van der Waals surface area contributed by atoms with Gasteiger partial charge in [0.15, 0.2) is 0 Å². The zero-order valence-electron chi connectivity index (χ0n) is 16.5. The molecule has 8 heteroatoms. The second-order valence-electron chi connectivity index (χ2n) is 7.97. The van der Waals surface area contributed by atoms with Crippen LogP contribution in [0.3, 0.4) is 0 Å². The van der Waals surface area contributed by atoms with E-state index in [1.165, 1.54) is 4.68 Å². The maximum atomic E-state index is 12.8. The summed E-state index contributed by atoms with van der Waals surface area (Å²) < 4.78 is 15.5. The van der Waals surface area contributed by atoms with Crippen LogP contribution in [0.25, 0.3) is 10.9 Å². The molecule has 0 radical (unpaired) electrons. The van der Waals surface area contributed by atoms with Gasteiger partial charge in [-0.1, -0.05) is 50.0 Å². The molecule has 0 saturated heterocycles. The molecule has 2 aromatic heterocycles. The summed E-state index contributed by atoms with van der Waals surface area (Å²) in [6, 6.07) is 11.0. The zero-order valence-corrected chi connectivity index (χ0v) is 19.1. The molecule has 3 rings (SSSR count). The minimum absolute atomic E-state index is 0.105. The van der Waals surface area contributed by atoms with E-state index in [1.54, 1.807) is 6.20 Å². The summed E-state index contributed by atoms with van der Waals surface area (Å²) in [4.78, 5) is 12.8. The number of fused-ring (bicyclic) bond motifs is 1. The smallest absolute Gasteiger partial charge is 0.279 e. The van der Waals surface area contributed by atoms with Crippen molar-refractivity contribution in [3.05, 3.63) is 63.1 Å². The number of benzene rings is 1. The van der Waals surface area contributed by atoms with Crippen LogP contribution in [0.15, 0.2) is 52.0 Å². The fourth-order valence-corrected chi connectivity index (χ4v) is 4.13. The molecule has 28 heavy (non-hydrogen) atoms. The van der Waals surface area contributed by atoms with Gasteiger partial charge >= 0.3 is 0 Å². The summed E-state index contributed by atoms with van der Waals surface area (Å²) in [6.45, 7) is 8.64. The number of halogens is 1. The van der Waals surface area contributed by atoms with Crippen LogP contribution in [0.4, 0.5) is 0 Å². The molecule has 1 aromatic carbocycles. The van der Waals surface area contributed by atoms with E-state index >= 15 is 0 Å². The Balaban J connectivity index is 1.68. The Morgan fingerprint density at radius 1 is 1.11 bits per heavy atom. The van der Waals surface area contributed by atoms with Gasteiger partial charge in [0.25, 0.3) is 5.56 Å². The molecule has 0 aliphatic carbocycles. The molecule has 0 spiro atoms. The summed E-state index contributed by atoms with van der Waals surface area (Å²) in [7, 11) is -1.12. The number of hydrogen-bond donors (Lipinski definition) is 0. The second kappa shape index (κ2) is 9.17. The van der Waals surface area contributed by atoms with Crippen LogP contribution in [-0.4, -0.2) is 29.0 Å². The topological polar surface area (TPSA) is 58.3 Å². The molecule has 0 saturated carbocycles. The van der Waals surface area contributed by atoms with E-state index in [4.69, 9.17) is 9.47 Å². The van der Waals surface area contributed by atoms with Crippen molar-refractivity contribution in [3.63, 3.8) is 0 Å². The van der Waals surface area contributed by atoms with Gasteiger partial charge in [0.2, 0.25) is 0 Å². The summed E-state index contributed by atoms with van der Waals surface area (Å²) in [5, 5.41) is 4.86. The van der Waals surface area contributed by atoms with Crippen molar-refractivity contribution in [1.82, 2.24) is 14.3 Å². The van der Waals surface area contributed by atoms with Gasteiger partial charge in [-0.3, -0.25) is 4.79 Å². The maximum Gasteiger partial charge on any atom is 0.279 e. The Hall–Kier alpha value is -1.74. The molecule has 0 fully saturated rings. The zero-order chi connectivity index (χ0) is 20.1. The number of nitrogens with zero attached hydrogens (tertiary/aromatic N) is 3. The maximum absolute atomic E-state index is 12.8. The van der Waals surface area contributed by atoms with Crippen LogP contribution < -0.4 is 5.56 Å². The van der Waals surface area contributed by atoms with Gasteiger partial charge in [0, 0.05) is 25.4 Å². The highest BCUT2D eigenvalue weighted by Crippen LogP contribution is 2.22. The van der Waals surface area contributed by atoms with Crippen LogP contribution in [0, 0.1) is 0 Å². The average Bonchev–Trinajstić information content (AvgIpc) is 2.97. The van der Waals surface area contributed by atoms with Gasteiger partial charge < -0.3 is 14.0 Å². The highest BCUT2D eigenvalue weighted by molar-refractivity contribution is 9.10. The first-order valence-corrected chi connectivity index (χ1v) is 13.8. The van der Waals surface area contributed by atoms with E-state index < -0.39 is 8.07 Å². The Kier molecular flexibility index (Phi) is 6.87. The third-order valence-corrected chi connectivity index (χ3v) is 6.70. The van der Waals surface area contributed by atoms with Crippen LogP contribution in [0.2, 0.25) is 25.7 Å². The van der Waals surface area contributed by atoms with Gasteiger partial charge in [0.1, 0.15) is 13.5 Å². The third-order valence-electron chi connectivity index (χ3n) is 4.39. The molecule has 0 amide bonds. The van der Waals surface area contributed by atoms with Gasteiger partial charge in [-0.2, -0.15) is 5.10 Å². The van der Waals surface area contributed by atoms with Crippen molar-refractivity contribution < 1.29 is 9.47 Å². The quantitative estimate of drug-likeness (QED) is 0.347. The first kappa shape index (κ1) is 21.0. The molecular weight excluding hydrogens is 438 g/mol. The molecule has 0 aliphatic rings. The van der Waals surface area contributed by atoms with E-state index in [0.29, 0.717) is 18.7 Å². The van der Waals surface area contributed by atoms with Gasteiger partial charge in [-0.05, 0) is 27.5 Å². The summed E-state index contributed by atoms with van der Waals surface area (Å²) in [6.07, 6.45) is 3.56. The predicted octanol–water partition coefficient (Wildman–Crippen LogP) is 4.45. The van der Waals surface area contributed by atoms with E-state index in [9.17, 15) is 4.79 Å². The third kappa shape index (κ3) is 5.41. The first-order chi connectivity index (χ1) is 13.3. The lowest BCUT2D eigenvalue weighted by atomic mass is 10.2. The standard InChI is InChI=1S/C20H26BrN3O3Si/c1-28(2,3)10-9-26-14-23-12-17(21)19-18(23)11-22-24(20(19)25)15-27-13-16-7-5-4-6-8-16/h4-8,11-12H,9-10,13-15H2,1-3H3. The fourth-order valence-electron chi connectivity index (χ4n) is 2.76. The van der Waals surface area contributed by atoms with Crippen LogP contribution in [0.1, 0.15) is 5.56 Å². The van der Waals surface area contributed by atoms with E-state index in [-0.39, 0.29) is 12.3 Å². The molecule has 0 aliphatic heterocycles. The average molecular weight is 464 g/mol. The number of rotatable bonds is 9. The fraction of sp³-hybridized carbons (Fsp3) is 0.400. The van der Waals surface area contributed by atoms with Crippen LogP contribution >= 0.6 is 15.9 Å². The Morgan fingerprint density at radius 2 is 1.86 bits per heavy atom. The lowest BCUT2D eigenvalue weighted by molar-refractivity contribution is 0.0532. The highest BCUT2D eigenvalue weighted by Gasteiger charge is 2.15. The molecule has 0 bridgehead atoms. The van der Waals surface area contributed by atoms with Crippen molar-refractivity contribution >= 4 is 34.9 Å². The monoisotopic (exact) mass is 463 g/mol. The Labute approximate surface area is 174 Å². The van der Waals surface area contributed by atoms with Crippen molar-refractivity contribution in [2.45, 2.75) is 45.8 Å². The van der Waals surface area contributed by atoms with Crippen molar-refractivity contribution in [2.75, 3.05) is 6.61 Å². The Morgan fingerprint density at radius 3 is 2.57 bits per heavy atom. The minimum atomic E-state index is -1.12. The molecule has 6 nitrogen and oxygen atoms in total. The van der Waals surface area contributed by atoms with Gasteiger partial charge in [-0.25, -0.2) is 4.68 Å². The van der Waals surface area contributed by atoms with Crippen molar-refractivity contribution in [1.29, 1.82) is 0 Å². The van der Waals surface area contributed by atoms with Crippen LogP contribution in [0.5, 0.6) is 0 Å². The molecule has 0 unspecified atom stereocenters. The summed E-state index contributed by atoms with van der Waals surface area (Å²) >= 11 is 3.50. The predicted molar refractivity (Wildman–Crippen MR) is 117 cm³/mol. The lowest BCUT2D eigenvalue weighted by Crippen LogP contribution is -2.24. The largest absolute Gasteiger partial charge is 0.361 e. The second-order valence-corrected chi connectivity index (χ2v) is 14.4. The summed E-state index contributed by atoms with van der Waals surface area (Å²) in [5.41, 5.74) is 1.63. The molecule has 0 atom stereocenters. The molecular formula is C20H26BrN3O3Si. The van der Waals surface area contributed by atoms with E-state index in [2.05, 4.69) is 40.7 Å². The summed E-state index contributed by atoms with van der Waals surface area (Å²) in [5.74, 6) is 0. The first-order valence-electron chi connectivity index (χ1n) is 9.29. The normalized spacial score (nSPS) is 12.0. The van der Waals surface area contributed by atoms with Gasteiger partial charge in [-0.15, -0.1) is 0 Å². The van der Waals surface area contributed by atoms with Gasteiger partial charge in [0.05, 0.1) is 23.7 Å². The van der Waals surface area contributed by atoms with E-state index in [1.807, 2.05) is 41.1 Å². The molecule has 0 N–H and O–H groups in total. The number of hydrogen-bond acceptors (Lipinski definition) is 4. The highest BCUT2D eigenvalue weighted by atomic mass is 79.9. The molecule has 150 valence electrons. The van der Waals surface area contributed by atoms with Crippen molar-refractivity contribution in [2.24, 2.45) is 0 Å². The minimum Gasteiger partial charge on any atom is -0.361 e. The van der Waals surface area contributed by atoms with Crippen molar-refractivity contribution in [3.8, 4) is 0 Å². The molecule has 2 heterocycles. The van der Waals surface area contributed by atoms with E-state index in [0.717, 1.165) is 28.2 Å². The number of ether oxygens (including phenoxy) is 2.